The van der Waals surface area contributed by atoms with Crippen LogP contribution in [0, 0.1) is 5.82 Å². The van der Waals surface area contributed by atoms with Crippen molar-refractivity contribution in [2.24, 2.45) is 0 Å². The minimum absolute atomic E-state index is 0.202. The highest BCUT2D eigenvalue weighted by molar-refractivity contribution is 5.35. The number of aromatic nitrogens is 1. The second-order valence-corrected chi connectivity index (χ2v) is 4.33. The van der Waals surface area contributed by atoms with E-state index in [1.807, 2.05) is 0 Å². The van der Waals surface area contributed by atoms with Crippen LogP contribution in [0.3, 0.4) is 0 Å². The van der Waals surface area contributed by atoms with Gasteiger partial charge in [-0.25, -0.2) is 4.39 Å². The zero-order valence-corrected chi connectivity index (χ0v) is 10.9. The normalized spacial score (nSPS) is 13.0. The van der Waals surface area contributed by atoms with Crippen molar-refractivity contribution in [3.63, 3.8) is 0 Å². The van der Waals surface area contributed by atoms with Crippen molar-refractivity contribution < 1.29 is 27.4 Å². The van der Waals surface area contributed by atoms with Gasteiger partial charge in [-0.05, 0) is 29.8 Å². The Morgan fingerprint density at radius 3 is 2.43 bits per heavy atom. The fraction of sp³-hybridized carbons (Fsp3) is 0.214. The molecule has 112 valence electrons. The minimum atomic E-state index is -4.69. The smallest absolute Gasteiger partial charge is 0.416 e. The third-order valence-electron chi connectivity index (χ3n) is 2.85. The molecule has 0 spiro atoms. The molecule has 0 aliphatic carbocycles. The molecule has 2 aromatic rings. The standard InChI is InChI=1S/C14H11F4NO2/c1-21-12-4-9(6-19-7-12)13(20)8-2-10(14(16,17)18)5-11(15)3-8/h2-7,13,20H,1H3. The number of nitrogens with zero attached hydrogens (tertiary/aromatic N) is 1. The van der Waals surface area contributed by atoms with E-state index in [9.17, 15) is 22.7 Å². The van der Waals surface area contributed by atoms with Crippen molar-refractivity contribution in [1.82, 2.24) is 4.98 Å². The molecule has 1 atom stereocenters. The first kappa shape index (κ1) is 15.2. The van der Waals surface area contributed by atoms with Crippen LogP contribution in [-0.2, 0) is 6.18 Å². The largest absolute Gasteiger partial charge is 0.495 e. The van der Waals surface area contributed by atoms with Gasteiger partial charge in [0, 0.05) is 11.8 Å². The summed E-state index contributed by atoms with van der Waals surface area (Å²) in [6.07, 6.45) is -3.48. The second-order valence-electron chi connectivity index (χ2n) is 4.33. The number of aliphatic hydroxyl groups is 1. The van der Waals surface area contributed by atoms with Gasteiger partial charge in [-0.2, -0.15) is 13.2 Å². The molecule has 0 amide bonds. The zero-order chi connectivity index (χ0) is 15.6. The van der Waals surface area contributed by atoms with Crippen molar-refractivity contribution in [3.8, 4) is 5.75 Å². The van der Waals surface area contributed by atoms with Crippen molar-refractivity contribution in [2.75, 3.05) is 7.11 Å². The van der Waals surface area contributed by atoms with Crippen LogP contribution < -0.4 is 4.74 Å². The van der Waals surface area contributed by atoms with E-state index in [4.69, 9.17) is 4.74 Å². The summed E-state index contributed by atoms with van der Waals surface area (Å²) in [7, 11) is 1.39. The maximum Gasteiger partial charge on any atom is 0.416 e. The maximum atomic E-state index is 13.3. The highest BCUT2D eigenvalue weighted by Gasteiger charge is 2.32. The van der Waals surface area contributed by atoms with E-state index in [-0.39, 0.29) is 11.1 Å². The van der Waals surface area contributed by atoms with Gasteiger partial charge in [-0.1, -0.05) is 0 Å². The summed E-state index contributed by atoms with van der Waals surface area (Å²) in [5.41, 5.74) is -1.17. The lowest BCUT2D eigenvalue weighted by Gasteiger charge is -2.15. The summed E-state index contributed by atoms with van der Waals surface area (Å²) in [6.45, 7) is 0. The van der Waals surface area contributed by atoms with Gasteiger partial charge in [0.15, 0.2) is 0 Å². The van der Waals surface area contributed by atoms with Crippen LogP contribution in [0.4, 0.5) is 17.6 Å². The van der Waals surface area contributed by atoms with Crippen LogP contribution in [-0.4, -0.2) is 17.2 Å². The van der Waals surface area contributed by atoms with E-state index in [0.717, 1.165) is 6.07 Å². The first-order valence-corrected chi connectivity index (χ1v) is 5.86. The Morgan fingerprint density at radius 2 is 1.81 bits per heavy atom. The topological polar surface area (TPSA) is 42.4 Å². The van der Waals surface area contributed by atoms with Crippen LogP contribution in [0.25, 0.3) is 0 Å². The predicted octanol–water partition coefficient (Wildman–Crippen LogP) is 3.33. The van der Waals surface area contributed by atoms with E-state index >= 15 is 0 Å². The summed E-state index contributed by atoms with van der Waals surface area (Å²) in [6, 6.07) is 3.34. The van der Waals surface area contributed by atoms with Crippen molar-refractivity contribution in [1.29, 1.82) is 0 Å². The molecule has 3 nitrogen and oxygen atoms in total. The summed E-state index contributed by atoms with van der Waals surface area (Å²) in [5.74, 6) is -0.742. The molecular weight excluding hydrogens is 290 g/mol. The fourth-order valence-electron chi connectivity index (χ4n) is 1.82. The first-order valence-electron chi connectivity index (χ1n) is 5.86. The quantitative estimate of drug-likeness (QED) is 0.884. The Bertz CT molecular complexity index is 643. The van der Waals surface area contributed by atoms with Crippen LogP contribution >= 0.6 is 0 Å². The van der Waals surface area contributed by atoms with E-state index in [1.54, 1.807) is 0 Å². The number of benzene rings is 1. The van der Waals surface area contributed by atoms with Gasteiger partial charge in [0.25, 0.3) is 0 Å². The number of hydrogen-bond acceptors (Lipinski definition) is 3. The van der Waals surface area contributed by atoms with Gasteiger partial charge in [0.1, 0.15) is 17.7 Å². The fourth-order valence-corrected chi connectivity index (χ4v) is 1.82. The van der Waals surface area contributed by atoms with Crippen molar-refractivity contribution in [3.05, 3.63) is 59.2 Å². The number of ether oxygens (including phenoxy) is 1. The van der Waals surface area contributed by atoms with Gasteiger partial charge in [0.2, 0.25) is 0 Å². The first-order chi connectivity index (χ1) is 9.81. The predicted molar refractivity (Wildman–Crippen MR) is 66.3 cm³/mol. The Balaban J connectivity index is 2.43. The molecular formula is C14H11F4NO2. The van der Waals surface area contributed by atoms with E-state index < -0.39 is 23.7 Å². The number of pyridine rings is 1. The summed E-state index contributed by atoms with van der Waals surface area (Å²) in [5, 5.41) is 10.1. The average Bonchev–Trinajstić information content (AvgIpc) is 2.45. The second kappa shape index (κ2) is 5.69. The average molecular weight is 301 g/mol. The molecule has 1 aromatic heterocycles. The lowest BCUT2D eigenvalue weighted by molar-refractivity contribution is -0.137. The Labute approximate surface area is 117 Å². The van der Waals surface area contributed by atoms with Crippen LogP contribution in [0.2, 0.25) is 0 Å². The van der Waals surface area contributed by atoms with Crippen molar-refractivity contribution in [2.45, 2.75) is 12.3 Å². The number of rotatable bonds is 3. The SMILES string of the molecule is COc1cncc(C(O)c2cc(F)cc(C(F)(F)F)c2)c1. The highest BCUT2D eigenvalue weighted by atomic mass is 19.4. The van der Waals surface area contributed by atoms with Gasteiger partial charge in [-0.3, -0.25) is 4.98 Å². The zero-order valence-electron chi connectivity index (χ0n) is 10.9. The lowest BCUT2D eigenvalue weighted by Crippen LogP contribution is -2.09. The molecule has 1 heterocycles. The molecule has 0 radical (unpaired) electrons. The summed E-state index contributed by atoms with van der Waals surface area (Å²) < 4.78 is 56.2. The summed E-state index contributed by atoms with van der Waals surface area (Å²) in [4.78, 5) is 3.79. The number of methoxy groups -OCH3 is 1. The molecule has 0 saturated heterocycles. The molecule has 1 N–H and O–H groups in total. The van der Waals surface area contributed by atoms with Crippen LogP contribution in [0.5, 0.6) is 5.75 Å². The lowest BCUT2D eigenvalue weighted by atomic mass is 10.0. The molecule has 2 rings (SSSR count). The Hall–Kier alpha value is -2.15. The van der Waals surface area contributed by atoms with E-state index in [1.165, 1.54) is 25.6 Å². The van der Waals surface area contributed by atoms with Gasteiger partial charge < -0.3 is 9.84 Å². The van der Waals surface area contributed by atoms with Gasteiger partial charge >= 0.3 is 6.18 Å². The monoisotopic (exact) mass is 301 g/mol. The number of halogens is 4. The Morgan fingerprint density at radius 1 is 1.10 bits per heavy atom. The van der Waals surface area contributed by atoms with E-state index in [0.29, 0.717) is 17.9 Å². The third-order valence-corrected chi connectivity index (χ3v) is 2.85. The molecule has 1 unspecified atom stereocenters. The number of hydrogen-bond donors (Lipinski definition) is 1. The molecule has 0 aliphatic rings. The third kappa shape index (κ3) is 3.49. The number of aliphatic hydroxyl groups excluding tert-OH is 1. The van der Waals surface area contributed by atoms with Crippen LogP contribution in [0.1, 0.15) is 22.8 Å². The van der Waals surface area contributed by atoms with Gasteiger partial charge in [0.05, 0.1) is 18.9 Å². The van der Waals surface area contributed by atoms with Crippen molar-refractivity contribution >= 4 is 0 Å². The number of alkyl halides is 3. The van der Waals surface area contributed by atoms with Crippen LogP contribution in [0.15, 0.2) is 36.7 Å². The van der Waals surface area contributed by atoms with Gasteiger partial charge in [-0.15, -0.1) is 0 Å². The molecule has 0 aliphatic heterocycles. The van der Waals surface area contributed by atoms with E-state index in [2.05, 4.69) is 4.98 Å². The minimum Gasteiger partial charge on any atom is -0.495 e. The molecule has 7 heteroatoms. The molecule has 1 aromatic carbocycles. The maximum absolute atomic E-state index is 13.3. The highest BCUT2D eigenvalue weighted by Crippen LogP contribution is 2.33. The summed E-state index contributed by atoms with van der Waals surface area (Å²) >= 11 is 0. The molecule has 21 heavy (non-hydrogen) atoms. The molecule has 0 saturated carbocycles. The Kier molecular flexibility index (Phi) is 4.13. The molecule has 0 fully saturated rings. The molecule has 0 bridgehead atoms.